The van der Waals surface area contributed by atoms with Crippen LogP contribution in [0.15, 0.2) is 0 Å². The van der Waals surface area contributed by atoms with Gasteiger partial charge in [-0.05, 0) is 12.8 Å². The maximum Gasteiger partial charge on any atom is 0.315 e. The van der Waals surface area contributed by atoms with Crippen molar-refractivity contribution in [2.24, 2.45) is 5.73 Å². The van der Waals surface area contributed by atoms with E-state index in [0.29, 0.717) is 19.2 Å². The Hall–Kier alpha value is -0.770. The maximum atomic E-state index is 10.8. The molecule has 1 fully saturated rings. The van der Waals surface area contributed by atoms with Gasteiger partial charge in [-0.1, -0.05) is 0 Å². The zero-order valence-electron chi connectivity index (χ0n) is 6.75. The molecule has 1 rings (SSSR count). The van der Waals surface area contributed by atoms with Crippen molar-refractivity contribution in [3.8, 4) is 0 Å². The van der Waals surface area contributed by atoms with Crippen LogP contribution in [0.2, 0.25) is 0 Å². The number of nitrogens with two attached hydrogens (primary N) is 1. The number of nitrogens with zero attached hydrogens (tertiary/aromatic N) is 1. The number of rotatable bonds is 4. The summed E-state index contributed by atoms with van der Waals surface area (Å²) in [6.07, 6.45) is 2.18. The first-order valence-corrected chi connectivity index (χ1v) is 3.80. The fourth-order valence-electron chi connectivity index (χ4n) is 1.05. The Morgan fingerprint density at radius 3 is 2.73 bits per heavy atom. The minimum Gasteiger partial charge on any atom is -0.383 e. The van der Waals surface area contributed by atoms with Crippen molar-refractivity contribution < 1.29 is 9.53 Å². The van der Waals surface area contributed by atoms with Gasteiger partial charge in [0.1, 0.15) is 0 Å². The molecule has 11 heavy (non-hydrogen) atoms. The highest BCUT2D eigenvalue weighted by Gasteiger charge is 2.30. The summed E-state index contributed by atoms with van der Waals surface area (Å²) in [6, 6.07) is 0.0622. The van der Waals surface area contributed by atoms with E-state index in [0.717, 1.165) is 12.8 Å². The Morgan fingerprint density at radius 1 is 1.73 bits per heavy atom. The van der Waals surface area contributed by atoms with Crippen molar-refractivity contribution in [3.63, 3.8) is 0 Å². The zero-order chi connectivity index (χ0) is 8.27. The van der Waals surface area contributed by atoms with E-state index < -0.39 is 0 Å². The smallest absolute Gasteiger partial charge is 0.315 e. The summed E-state index contributed by atoms with van der Waals surface area (Å²) in [5, 5.41) is 0. The molecule has 4 nitrogen and oxygen atoms in total. The summed E-state index contributed by atoms with van der Waals surface area (Å²) >= 11 is 0. The normalized spacial score (nSPS) is 16.5. The van der Waals surface area contributed by atoms with E-state index >= 15 is 0 Å². The third-order valence-electron chi connectivity index (χ3n) is 1.81. The van der Waals surface area contributed by atoms with Crippen LogP contribution in [0.1, 0.15) is 12.8 Å². The largest absolute Gasteiger partial charge is 0.383 e. The molecule has 0 aromatic carbocycles. The zero-order valence-corrected chi connectivity index (χ0v) is 6.75. The summed E-state index contributed by atoms with van der Waals surface area (Å²) in [4.78, 5) is 12.4. The predicted molar refractivity (Wildman–Crippen MR) is 41.2 cm³/mol. The Balaban J connectivity index is 2.26. The molecular weight excluding hydrogens is 144 g/mol. The number of carbonyl (C=O) groups excluding carboxylic acids is 1. The number of amides is 2. The van der Waals surface area contributed by atoms with E-state index in [1.165, 1.54) is 0 Å². The standard InChI is InChI=1S/C7H14N2O2/c1-11-5-4-9(7(8)10)6-2-3-6/h6H,2-5H2,1H3,(H2,8,10). The summed E-state index contributed by atoms with van der Waals surface area (Å²) in [5.74, 6) is 0. The van der Waals surface area contributed by atoms with Crippen molar-refractivity contribution >= 4 is 6.03 Å². The molecule has 2 N–H and O–H groups in total. The average Bonchev–Trinajstić information content (AvgIpc) is 2.71. The fraction of sp³-hybridized carbons (Fsp3) is 0.857. The van der Waals surface area contributed by atoms with Gasteiger partial charge in [-0.15, -0.1) is 0 Å². The van der Waals surface area contributed by atoms with Crippen molar-refractivity contribution in [2.45, 2.75) is 18.9 Å². The lowest BCUT2D eigenvalue weighted by molar-refractivity contribution is 0.150. The molecule has 1 aliphatic carbocycles. The van der Waals surface area contributed by atoms with E-state index in [4.69, 9.17) is 10.5 Å². The molecule has 1 saturated carbocycles. The lowest BCUT2D eigenvalue weighted by Crippen LogP contribution is -2.39. The predicted octanol–water partition coefficient (Wildman–Crippen LogP) is 0.176. The maximum absolute atomic E-state index is 10.8. The van der Waals surface area contributed by atoms with Crippen LogP contribution in [-0.4, -0.2) is 37.2 Å². The van der Waals surface area contributed by atoms with Crippen LogP contribution >= 0.6 is 0 Å². The van der Waals surface area contributed by atoms with Gasteiger partial charge < -0.3 is 15.4 Å². The number of ether oxygens (including phenoxy) is 1. The molecule has 0 aliphatic heterocycles. The highest BCUT2D eigenvalue weighted by atomic mass is 16.5. The first-order valence-electron chi connectivity index (χ1n) is 3.80. The Kier molecular flexibility index (Phi) is 2.70. The number of methoxy groups -OCH3 is 1. The second-order valence-corrected chi connectivity index (χ2v) is 2.76. The van der Waals surface area contributed by atoms with Gasteiger partial charge in [-0.3, -0.25) is 0 Å². The number of hydrogen-bond donors (Lipinski definition) is 1. The van der Waals surface area contributed by atoms with E-state index in [-0.39, 0.29) is 6.03 Å². The quantitative estimate of drug-likeness (QED) is 0.634. The molecule has 64 valence electrons. The van der Waals surface area contributed by atoms with Gasteiger partial charge in [0, 0.05) is 19.7 Å². The van der Waals surface area contributed by atoms with Crippen molar-refractivity contribution in [3.05, 3.63) is 0 Å². The van der Waals surface area contributed by atoms with Gasteiger partial charge >= 0.3 is 6.03 Å². The number of primary amides is 1. The summed E-state index contributed by atoms with van der Waals surface area (Å²) < 4.78 is 4.85. The topological polar surface area (TPSA) is 55.6 Å². The van der Waals surface area contributed by atoms with Crippen LogP contribution in [0.3, 0.4) is 0 Å². The first-order chi connectivity index (χ1) is 5.25. The third-order valence-corrected chi connectivity index (χ3v) is 1.81. The fourth-order valence-corrected chi connectivity index (χ4v) is 1.05. The lowest BCUT2D eigenvalue weighted by Gasteiger charge is -2.18. The molecule has 0 atom stereocenters. The van der Waals surface area contributed by atoms with Crippen LogP contribution in [0.25, 0.3) is 0 Å². The molecule has 0 heterocycles. The Morgan fingerprint density at radius 2 is 2.36 bits per heavy atom. The van der Waals surface area contributed by atoms with Crippen LogP contribution in [-0.2, 0) is 4.74 Å². The molecule has 0 radical (unpaired) electrons. The van der Waals surface area contributed by atoms with Crippen LogP contribution in [0, 0.1) is 0 Å². The van der Waals surface area contributed by atoms with E-state index in [9.17, 15) is 4.79 Å². The molecule has 0 saturated heterocycles. The van der Waals surface area contributed by atoms with Gasteiger partial charge in [0.15, 0.2) is 0 Å². The van der Waals surface area contributed by atoms with Gasteiger partial charge in [0.05, 0.1) is 6.61 Å². The lowest BCUT2D eigenvalue weighted by atomic mass is 10.5. The molecule has 0 spiro atoms. The van der Waals surface area contributed by atoms with Crippen LogP contribution < -0.4 is 5.73 Å². The van der Waals surface area contributed by atoms with E-state index in [2.05, 4.69) is 0 Å². The highest BCUT2D eigenvalue weighted by molar-refractivity contribution is 5.72. The number of hydrogen-bond acceptors (Lipinski definition) is 2. The molecule has 2 amide bonds. The molecule has 0 unspecified atom stereocenters. The molecule has 0 bridgehead atoms. The molecular formula is C7H14N2O2. The monoisotopic (exact) mass is 158 g/mol. The van der Waals surface area contributed by atoms with E-state index in [1.54, 1.807) is 12.0 Å². The van der Waals surface area contributed by atoms with Crippen molar-refractivity contribution in [1.29, 1.82) is 0 Å². The number of carbonyl (C=O) groups is 1. The van der Waals surface area contributed by atoms with E-state index in [1.807, 2.05) is 0 Å². The van der Waals surface area contributed by atoms with Gasteiger partial charge in [0.25, 0.3) is 0 Å². The van der Waals surface area contributed by atoms with Crippen LogP contribution in [0.5, 0.6) is 0 Å². The van der Waals surface area contributed by atoms with Gasteiger partial charge in [-0.2, -0.15) is 0 Å². The van der Waals surface area contributed by atoms with Gasteiger partial charge in [-0.25, -0.2) is 4.79 Å². The second kappa shape index (κ2) is 3.57. The van der Waals surface area contributed by atoms with Crippen LogP contribution in [0.4, 0.5) is 4.79 Å². The number of urea groups is 1. The SMILES string of the molecule is COCCN(C(N)=O)C1CC1. The minimum atomic E-state index is -0.329. The van der Waals surface area contributed by atoms with Crippen molar-refractivity contribution in [2.75, 3.05) is 20.3 Å². The Bertz CT molecular complexity index is 145. The summed E-state index contributed by atoms with van der Waals surface area (Å²) in [7, 11) is 1.62. The molecule has 4 heteroatoms. The summed E-state index contributed by atoms with van der Waals surface area (Å²) in [5.41, 5.74) is 5.15. The third kappa shape index (κ3) is 2.38. The van der Waals surface area contributed by atoms with Crippen molar-refractivity contribution in [1.82, 2.24) is 4.90 Å². The highest BCUT2D eigenvalue weighted by Crippen LogP contribution is 2.25. The average molecular weight is 158 g/mol. The molecule has 0 aromatic heterocycles. The first kappa shape index (κ1) is 8.33. The second-order valence-electron chi connectivity index (χ2n) is 2.76. The summed E-state index contributed by atoms with van der Waals surface area (Å²) in [6.45, 7) is 1.19. The Labute approximate surface area is 66.3 Å². The molecule has 1 aliphatic rings. The molecule has 0 aromatic rings. The van der Waals surface area contributed by atoms with Gasteiger partial charge in [0.2, 0.25) is 0 Å². The minimum absolute atomic E-state index is 0.329.